The Hall–Kier alpha value is -1.55. The van der Waals surface area contributed by atoms with Crippen molar-refractivity contribution in [3.63, 3.8) is 0 Å². The lowest BCUT2D eigenvalue weighted by molar-refractivity contribution is 0.0981. The molecule has 0 aliphatic carbocycles. The van der Waals surface area contributed by atoms with E-state index in [2.05, 4.69) is 12.2 Å². The molecule has 1 N–H and O–H groups in total. The van der Waals surface area contributed by atoms with Gasteiger partial charge in [-0.3, -0.25) is 4.79 Å². The molecule has 1 atom stereocenters. The summed E-state index contributed by atoms with van der Waals surface area (Å²) in [7, 11) is 3.10. The van der Waals surface area contributed by atoms with E-state index in [1.165, 1.54) is 0 Å². The number of ether oxygens (including phenoxy) is 2. The number of Topliss-reactive ketones (excluding diaryl/α,β-unsaturated/α-hetero) is 1. The van der Waals surface area contributed by atoms with Crippen molar-refractivity contribution in [2.75, 3.05) is 20.8 Å². The highest BCUT2D eigenvalue weighted by molar-refractivity contribution is 6.02. The molecule has 18 heavy (non-hydrogen) atoms. The second-order valence-corrected chi connectivity index (χ2v) is 4.15. The molecule has 0 radical (unpaired) electrons. The van der Waals surface area contributed by atoms with Gasteiger partial charge in [-0.1, -0.05) is 13.0 Å². The van der Waals surface area contributed by atoms with Gasteiger partial charge in [0.15, 0.2) is 5.78 Å². The number of benzene rings is 1. The number of carbonyl (C=O) groups is 1. The Kier molecular flexibility index (Phi) is 5.65. The van der Waals surface area contributed by atoms with Crippen LogP contribution >= 0.6 is 0 Å². The molecule has 0 aliphatic heterocycles. The molecule has 1 rings (SSSR count). The van der Waals surface area contributed by atoms with E-state index in [1.807, 2.05) is 6.92 Å². The largest absolute Gasteiger partial charge is 0.496 e. The monoisotopic (exact) mass is 251 g/mol. The first kappa shape index (κ1) is 14.5. The lowest BCUT2D eigenvalue weighted by Gasteiger charge is -2.14. The maximum Gasteiger partial charge on any atom is 0.184 e. The normalized spacial score (nSPS) is 12.0. The number of rotatable bonds is 7. The summed E-state index contributed by atoms with van der Waals surface area (Å²) < 4.78 is 10.4. The van der Waals surface area contributed by atoms with E-state index in [9.17, 15) is 4.79 Å². The molecule has 0 bridgehead atoms. The van der Waals surface area contributed by atoms with E-state index < -0.39 is 0 Å². The van der Waals surface area contributed by atoms with Gasteiger partial charge < -0.3 is 14.8 Å². The molecule has 0 spiro atoms. The molecule has 0 saturated carbocycles. The fourth-order valence-corrected chi connectivity index (χ4v) is 1.63. The van der Waals surface area contributed by atoms with Crippen LogP contribution in [0, 0.1) is 0 Å². The molecule has 1 unspecified atom stereocenters. The Labute approximate surface area is 108 Å². The van der Waals surface area contributed by atoms with Crippen LogP contribution in [0.1, 0.15) is 30.6 Å². The minimum atomic E-state index is -0.0235. The second-order valence-electron chi connectivity index (χ2n) is 4.15. The summed E-state index contributed by atoms with van der Waals surface area (Å²) in [5, 5.41) is 3.17. The van der Waals surface area contributed by atoms with Gasteiger partial charge in [-0.25, -0.2) is 0 Å². The van der Waals surface area contributed by atoms with E-state index in [-0.39, 0.29) is 12.3 Å². The summed E-state index contributed by atoms with van der Waals surface area (Å²) in [6, 6.07) is 5.64. The predicted octanol–water partition coefficient (Wildman–Crippen LogP) is 2.27. The summed E-state index contributed by atoms with van der Waals surface area (Å²) in [6.45, 7) is 4.41. The van der Waals surface area contributed by atoms with Gasteiger partial charge in [0.25, 0.3) is 0 Å². The number of methoxy groups -OCH3 is 2. The maximum atomic E-state index is 12.2. The van der Waals surface area contributed by atoms with Crippen LogP contribution in [-0.4, -0.2) is 32.6 Å². The van der Waals surface area contributed by atoms with Crippen LogP contribution < -0.4 is 14.8 Å². The van der Waals surface area contributed by atoms with Gasteiger partial charge in [0, 0.05) is 6.04 Å². The first-order chi connectivity index (χ1) is 8.63. The van der Waals surface area contributed by atoms with Crippen molar-refractivity contribution in [2.24, 2.45) is 0 Å². The molecule has 1 aromatic carbocycles. The Morgan fingerprint density at radius 1 is 1.28 bits per heavy atom. The van der Waals surface area contributed by atoms with E-state index in [0.29, 0.717) is 23.1 Å². The Morgan fingerprint density at radius 3 is 2.28 bits per heavy atom. The van der Waals surface area contributed by atoms with Crippen LogP contribution in [-0.2, 0) is 0 Å². The van der Waals surface area contributed by atoms with Crippen molar-refractivity contribution >= 4 is 5.78 Å². The summed E-state index contributed by atoms with van der Waals surface area (Å²) in [6.07, 6.45) is 0.982. The number of ketones is 1. The third-order valence-electron chi connectivity index (χ3n) is 2.93. The van der Waals surface area contributed by atoms with Crippen molar-refractivity contribution in [1.29, 1.82) is 0 Å². The highest BCUT2D eigenvalue weighted by atomic mass is 16.5. The molecule has 4 nitrogen and oxygen atoms in total. The summed E-state index contributed by atoms with van der Waals surface area (Å²) >= 11 is 0. The SMILES string of the molecule is CCC(C)NCC(=O)c1c(OC)cccc1OC. The molecule has 0 saturated heterocycles. The predicted molar refractivity (Wildman–Crippen MR) is 71.6 cm³/mol. The van der Waals surface area contributed by atoms with Crippen LogP contribution in [0.5, 0.6) is 11.5 Å². The van der Waals surface area contributed by atoms with Gasteiger partial charge in [0.05, 0.1) is 20.8 Å². The Balaban J connectivity index is 2.89. The van der Waals surface area contributed by atoms with Gasteiger partial charge in [0.1, 0.15) is 17.1 Å². The molecule has 1 aromatic rings. The Bertz CT molecular complexity index is 382. The molecule has 0 amide bonds. The summed E-state index contributed by atoms with van der Waals surface area (Å²) in [4.78, 5) is 12.2. The van der Waals surface area contributed by atoms with Gasteiger partial charge in [-0.05, 0) is 25.5 Å². The van der Waals surface area contributed by atoms with Crippen LogP contribution in [0.2, 0.25) is 0 Å². The van der Waals surface area contributed by atoms with Gasteiger partial charge in [-0.2, -0.15) is 0 Å². The molecule has 0 fully saturated rings. The van der Waals surface area contributed by atoms with Crippen molar-refractivity contribution < 1.29 is 14.3 Å². The van der Waals surface area contributed by atoms with Gasteiger partial charge in [0.2, 0.25) is 0 Å². The van der Waals surface area contributed by atoms with Gasteiger partial charge >= 0.3 is 0 Å². The van der Waals surface area contributed by atoms with Crippen LogP contribution in [0.4, 0.5) is 0 Å². The average molecular weight is 251 g/mol. The number of carbonyl (C=O) groups excluding carboxylic acids is 1. The van der Waals surface area contributed by atoms with E-state index >= 15 is 0 Å². The number of nitrogens with one attached hydrogen (secondary N) is 1. The molecule has 100 valence electrons. The first-order valence-corrected chi connectivity index (χ1v) is 6.11. The van der Waals surface area contributed by atoms with E-state index in [4.69, 9.17) is 9.47 Å². The molecule has 4 heteroatoms. The lowest BCUT2D eigenvalue weighted by Crippen LogP contribution is -2.31. The van der Waals surface area contributed by atoms with Crippen molar-refractivity contribution in [1.82, 2.24) is 5.32 Å². The fraction of sp³-hybridized carbons (Fsp3) is 0.500. The van der Waals surface area contributed by atoms with Crippen molar-refractivity contribution in [3.8, 4) is 11.5 Å². The quantitative estimate of drug-likeness (QED) is 0.755. The third kappa shape index (κ3) is 3.47. The average Bonchev–Trinajstić information content (AvgIpc) is 2.43. The maximum absolute atomic E-state index is 12.2. The third-order valence-corrected chi connectivity index (χ3v) is 2.93. The van der Waals surface area contributed by atoms with Crippen LogP contribution in [0.3, 0.4) is 0 Å². The second kappa shape index (κ2) is 7.01. The minimum absolute atomic E-state index is 0.0235. The highest BCUT2D eigenvalue weighted by Gasteiger charge is 2.18. The smallest absolute Gasteiger partial charge is 0.184 e. The van der Waals surface area contributed by atoms with Crippen LogP contribution in [0.25, 0.3) is 0 Å². The standard InChI is InChI=1S/C14H21NO3/c1-5-10(2)15-9-11(16)14-12(17-3)7-6-8-13(14)18-4/h6-8,10,15H,5,9H2,1-4H3. The van der Waals surface area contributed by atoms with E-state index in [0.717, 1.165) is 6.42 Å². The van der Waals surface area contributed by atoms with Crippen molar-refractivity contribution in [2.45, 2.75) is 26.3 Å². The number of hydrogen-bond donors (Lipinski definition) is 1. The fourth-order valence-electron chi connectivity index (χ4n) is 1.63. The minimum Gasteiger partial charge on any atom is -0.496 e. The summed E-state index contributed by atoms with van der Waals surface area (Å²) in [5.41, 5.74) is 0.498. The number of hydrogen-bond acceptors (Lipinski definition) is 4. The Morgan fingerprint density at radius 2 is 1.83 bits per heavy atom. The molecular weight excluding hydrogens is 230 g/mol. The lowest BCUT2D eigenvalue weighted by atomic mass is 10.1. The van der Waals surface area contributed by atoms with Gasteiger partial charge in [-0.15, -0.1) is 0 Å². The molecular formula is C14H21NO3. The van der Waals surface area contributed by atoms with Crippen molar-refractivity contribution in [3.05, 3.63) is 23.8 Å². The molecule has 0 aromatic heterocycles. The summed E-state index contributed by atoms with van der Waals surface area (Å²) in [5.74, 6) is 1.07. The van der Waals surface area contributed by atoms with E-state index in [1.54, 1.807) is 32.4 Å². The molecule has 0 heterocycles. The zero-order chi connectivity index (χ0) is 13.5. The van der Waals surface area contributed by atoms with Crippen LogP contribution in [0.15, 0.2) is 18.2 Å². The zero-order valence-electron chi connectivity index (χ0n) is 11.4. The highest BCUT2D eigenvalue weighted by Crippen LogP contribution is 2.28. The first-order valence-electron chi connectivity index (χ1n) is 6.11. The zero-order valence-corrected chi connectivity index (χ0v) is 11.4. The molecule has 0 aliphatic rings. The topological polar surface area (TPSA) is 47.6 Å².